The molecule has 108 valence electrons. The summed E-state index contributed by atoms with van der Waals surface area (Å²) in [6.07, 6.45) is 0. The molecule has 0 saturated heterocycles. The number of likely N-dealkylation sites (N-methyl/N-ethyl adjacent to an activating group) is 1. The summed E-state index contributed by atoms with van der Waals surface area (Å²) in [6.45, 7) is 8.31. The molecule has 0 aliphatic carbocycles. The van der Waals surface area contributed by atoms with Gasteiger partial charge in [-0.3, -0.25) is 4.90 Å². The van der Waals surface area contributed by atoms with E-state index >= 15 is 0 Å². The minimum atomic E-state index is 0.224. The highest BCUT2D eigenvalue weighted by molar-refractivity contribution is 9.10. The minimum absolute atomic E-state index is 0.224. The van der Waals surface area contributed by atoms with Gasteiger partial charge in [0, 0.05) is 19.1 Å². The van der Waals surface area contributed by atoms with E-state index in [0.717, 1.165) is 16.8 Å². The van der Waals surface area contributed by atoms with Gasteiger partial charge in [-0.25, -0.2) is 0 Å². The third kappa shape index (κ3) is 4.79. The van der Waals surface area contributed by atoms with Gasteiger partial charge in [0.1, 0.15) is 5.75 Å². The van der Waals surface area contributed by atoms with E-state index in [1.165, 1.54) is 5.56 Å². The lowest BCUT2D eigenvalue weighted by Crippen LogP contribution is -2.36. The largest absolute Gasteiger partial charge is 0.496 e. The Bertz CT molecular complexity index is 415. The highest BCUT2D eigenvalue weighted by Gasteiger charge is 2.21. The number of halogens is 1. The third-order valence-electron chi connectivity index (χ3n) is 3.04. The zero-order chi connectivity index (χ0) is 14.6. The first-order chi connectivity index (χ1) is 8.78. The van der Waals surface area contributed by atoms with Crippen molar-refractivity contribution in [2.75, 3.05) is 27.2 Å². The molecule has 1 aromatic rings. The standard InChI is InChI=1S/C15H25BrN2O/c1-15(2,3)10-18(4)13(9-17)11-6-7-14(19-5)12(16)8-11/h6-8,13H,9-10,17H2,1-5H3. The van der Waals surface area contributed by atoms with Gasteiger partial charge >= 0.3 is 0 Å². The van der Waals surface area contributed by atoms with Crippen LogP contribution in [0.5, 0.6) is 5.75 Å². The van der Waals surface area contributed by atoms with Crippen LogP contribution in [-0.2, 0) is 0 Å². The molecule has 1 rings (SSSR count). The fraction of sp³-hybridized carbons (Fsp3) is 0.600. The SMILES string of the molecule is COc1ccc(C(CN)N(C)CC(C)(C)C)cc1Br. The van der Waals surface area contributed by atoms with Crippen LogP contribution >= 0.6 is 15.9 Å². The van der Waals surface area contributed by atoms with Crippen LogP contribution in [0.2, 0.25) is 0 Å². The van der Waals surface area contributed by atoms with Crippen molar-refractivity contribution < 1.29 is 4.74 Å². The summed E-state index contributed by atoms with van der Waals surface area (Å²) in [4.78, 5) is 2.31. The molecule has 2 N–H and O–H groups in total. The van der Waals surface area contributed by atoms with Gasteiger partial charge in [0.05, 0.1) is 11.6 Å². The first-order valence-electron chi connectivity index (χ1n) is 6.52. The van der Waals surface area contributed by atoms with Gasteiger partial charge in [-0.15, -0.1) is 0 Å². The van der Waals surface area contributed by atoms with E-state index in [-0.39, 0.29) is 11.5 Å². The first kappa shape index (κ1) is 16.5. The quantitative estimate of drug-likeness (QED) is 0.899. The Morgan fingerprint density at radius 1 is 1.37 bits per heavy atom. The van der Waals surface area contributed by atoms with Gasteiger partial charge in [-0.1, -0.05) is 26.8 Å². The number of hydrogen-bond acceptors (Lipinski definition) is 3. The summed E-state index contributed by atoms with van der Waals surface area (Å²) in [6, 6.07) is 6.38. The molecule has 1 atom stereocenters. The second-order valence-corrected chi connectivity index (χ2v) is 6.98. The van der Waals surface area contributed by atoms with Gasteiger partial charge in [-0.2, -0.15) is 0 Å². The molecule has 1 aromatic carbocycles. The van der Waals surface area contributed by atoms with E-state index < -0.39 is 0 Å². The monoisotopic (exact) mass is 328 g/mol. The zero-order valence-corrected chi connectivity index (χ0v) is 14.1. The van der Waals surface area contributed by atoms with E-state index in [1.54, 1.807) is 7.11 Å². The maximum Gasteiger partial charge on any atom is 0.133 e. The first-order valence-corrected chi connectivity index (χ1v) is 7.31. The predicted molar refractivity (Wildman–Crippen MR) is 84.6 cm³/mol. The van der Waals surface area contributed by atoms with Crippen LogP contribution in [-0.4, -0.2) is 32.1 Å². The smallest absolute Gasteiger partial charge is 0.133 e. The summed E-state index contributed by atoms with van der Waals surface area (Å²) in [5.41, 5.74) is 7.42. The van der Waals surface area contributed by atoms with E-state index in [2.05, 4.69) is 60.8 Å². The highest BCUT2D eigenvalue weighted by atomic mass is 79.9. The normalized spacial score (nSPS) is 13.7. The summed E-state index contributed by atoms with van der Waals surface area (Å²) in [7, 11) is 3.80. The summed E-state index contributed by atoms with van der Waals surface area (Å²) < 4.78 is 6.23. The lowest BCUT2D eigenvalue weighted by molar-refractivity contribution is 0.175. The molecule has 0 bridgehead atoms. The average molecular weight is 329 g/mol. The lowest BCUT2D eigenvalue weighted by atomic mass is 9.94. The zero-order valence-electron chi connectivity index (χ0n) is 12.5. The number of nitrogens with two attached hydrogens (primary N) is 1. The topological polar surface area (TPSA) is 38.5 Å². The molecule has 0 aliphatic heterocycles. The molecule has 0 aliphatic rings. The van der Waals surface area contributed by atoms with Crippen molar-refractivity contribution in [1.82, 2.24) is 4.90 Å². The summed E-state index contributed by atoms with van der Waals surface area (Å²) in [5.74, 6) is 0.845. The Kier molecular flexibility index (Phi) is 5.83. The second kappa shape index (κ2) is 6.73. The molecule has 19 heavy (non-hydrogen) atoms. The van der Waals surface area contributed by atoms with Gasteiger partial charge in [0.25, 0.3) is 0 Å². The second-order valence-electron chi connectivity index (χ2n) is 6.12. The Morgan fingerprint density at radius 2 is 2.00 bits per heavy atom. The highest BCUT2D eigenvalue weighted by Crippen LogP contribution is 2.30. The molecule has 0 saturated carbocycles. The van der Waals surface area contributed by atoms with Crippen LogP contribution in [0.4, 0.5) is 0 Å². The van der Waals surface area contributed by atoms with Crippen LogP contribution in [0.3, 0.4) is 0 Å². The van der Waals surface area contributed by atoms with Gasteiger partial charge in [0.15, 0.2) is 0 Å². The van der Waals surface area contributed by atoms with Crippen molar-refractivity contribution in [3.05, 3.63) is 28.2 Å². The van der Waals surface area contributed by atoms with Crippen LogP contribution < -0.4 is 10.5 Å². The average Bonchev–Trinajstić information content (AvgIpc) is 2.27. The molecule has 3 nitrogen and oxygen atoms in total. The van der Waals surface area contributed by atoms with Crippen LogP contribution in [0.1, 0.15) is 32.4 Å². The number of nitrogens with zero attached hydrogens (tertiary/aromatic N) is 1. The molecule has 0 radical (unpaired) electrons. The number of benzene rings is 1. The fourth-order valence-corrected chi connectivity index (χ4v) is 2.88. The van der Waals surface area contributed by atoms with Gasteiger partial charge < -0.3 is 10.5 Å². The molecule has 1 unspecified atom stereocenters. The number of ether oxygens (including phenoxy) is 1. The van der Waals surface area contributed by atoms with Crippen LogP contribution in [0.15, 0.2) is 22.7 Å². The third-order valence-corrected chi connectivity index (χ3v) is 3.66. The maximum atomic E-state index is 5.96. The number of rotatable bonds is 5. The Balaban J connectivity index is 2.94. The fourth-order valence-electron chi connectivity index (χ4n) is 2.32. The van der Waals surface area contributed by atoms with E-state index in [9.17, 15) is 0 Å². The van der Waals surface area contributed by atoms with Gasteiger partial charge in [-0.05, 0) is 46.1 Å². The molecule has 0 fully saturated rings. The van der Waals surface area contributed by atoms with E-state index in [4.69, 9.17) is 10.5 Å². The van der Waals surface area contributed by atoms with Crippen molar-refractivity contribution in [2.24, 2.45) is 11.1 Å². The Morgan fingerprint density at radius 3 is 2.42 bits per heavy atom. The van der Waals surface area contributed by atoms with Crippen molar-refractivity contribution >= 4 is 15.9 Å². The van der Waals surface area contributed by atoms with Crippen molar-refractivity contribution in [1.29, 1.82) is 0 Å². The molecule has 0 amide bonds. The molecule has 0 heterocycles. The maximum absolute atomic E-state index is 5.96. The van der Waals surface area contributed by atoms with Crippen molar-refractivity contribution in [3.63, 3.8) is 0 Å². The van der Waals surface area contributed by atoms with Crippen molar-refractivity contribution in [3.8, 4) is 5.75 Å². The van der Waals surface area contributed by atoms with E-state index in [1.807, 2.05) is 6.07 Å². The number of hydrogen-bond donors (Lipinski definition) is 1. The minimum Gasteiger partial charge on any atom is -0.496 e. The lowest BCUT2D eigenvalue weighted by Gasteiger charge is -2.33. The Labute approximate surface area is 125 Å². The van der Waals surface area contributed by atoms with Crippen molar-refractivity contribution in [2.45, 2.75) is 26.8 Å². The Hall–Kier alpha value is -0.580. The van der Waals surface area contributed by atoms with Crippen LogP contribution in [0, 0.1) is 5.41 Å². The molecular weight excluding hydrogens is 304 g/mol. The van der Waals surface area contributed by atoms with E-state index in [0.29, 0.717) is 6.54 Å². The summed E-state index contributed by atoms with van der Waals surface area (Å²) in [5, 5.41) is 0. The molecular formula is C15H25BrN2O. The predicted octanol–water partition coefficient (Wildman–Crippen LogP) is 3.44. The van der Waals surface area contributed by atoms with Crippen LogP contribution in [0.25, 0.3) is 0 Å². The molecule has 0 spiro atoms. The van der Waals surface area contributed by atoms with Gasteiger partial charge in [0.2, 0.25) is 0 Å². The summed E-state index contributed by atoms with van der Waals surface area (Å²) >= 11 is 3.53. The molecule has 0 aromatic heterocycles. The number of methoxy groups -OCH3 is 1. The molecule has 4 heteroatoms.